The highest BCUT2D eigenvalue weighted by Crippen LogP contribution is 2.05. The summed E-state index contributed by atoms with van der Waals surface area (Å²) in [4.78, 5) is 28.2. The zero-order chi connectivity index (χ0) is 11.5. The fourth-order valence-electron chi connectivity index (χ4n) is 1.74. The van der Waals surface area contributed by atoms with Gasteiger partial charge in [0.2, 0.25) is 0 Å². The summed E-state index contributed by atoms with van der Waals surface area (Å²) in [5.41, 5.74) is 0.775. The van der Waals surface area contributed by atoms with Crippen molar-refractivity contribution in [3.63, 3.8) is 0 Å². The van der Waals surface area contributed by atoms with Crippen molar-refractivity contribution in [1.29, 1.82) is 0 Å². The first kappa shape index (κ1) is 10.7. The molecule has 0 bridgehead atoms. The van der Waals surface area contributed by atoms with E-state index in [9.17, 15) is 9.59 Å². The summed E-state index contributed by atoms with van der Waals surface area (Å²) in [6.45, 7) is 3.06. The largest absolute Gasteiger partial charge is 0.364 e. The maximum absolute atomic E-state index is 12.0. The smallest absolute Gasteiger partial charge is 0.259 e. The zero-order valence-electron chi connectivity index (χ0n) is 9.19. The van der Waals surface area contributed by atoms with Crippen molar-refractivity contribution in [2.24, 2.45) is 0 Å². The number of carbonyl (C=O) groups excluding carboxylic acids is 1. The molecule has 0 spiro atoms. The van der Waals surface area contributed by atoms with E-state index in [4.69, 9.17) is 0 Å². The maximum atomic E-state index is 12.0. The minimum absolute atomic E-state index is 0.189. The minimum Gasteiger partial charge on any atom is -0.364 e. The minimum atomic E-state index is -0.212. The fraction of sp³-hybridized carbons (Fsp3) is 0.333. The third kappa shape index (κ3) is 2.05. The van der Waals surface area contributed by atoms with E-state index in [1.807, 2.05) is 12.2 Å². The van der Waals surface area contributed by atoms with E-state index in [0.29, 0.717) is 13.1 Å². The van der Waals surface area contributed by atoms with Crippen molar-refractivity contribution in [1.82, 2.24) is 9.88 Å². The van der Waals surface area contributed by atoms with Gasteiger partial charge >= 0.3 is 0 Å². The van der Waals surface area contributed by atoms with Crippen LogP contribution >= 0.6 is 0 Å². The number of amides is 1. The molecule has 1 aliphatic rings. The average Bonchev–Trinajstić information content (AvgIpc) is 2.29. The van der Waals surface area contributed by atoms with Gasteiger partial charge in [0.15, 0.2) is 5.43 Å². The molecule has 0 fully saturated rings. The van der Waals surface area contributed by atoms with Gasteiger partial charge < -0.3 is 9.88 Å². The van der Waals surface area contributed by atoms with E-state index >= 15 is 0 Å². The number of aromatic nitrogens is 1. The average molecular weight is 218 g/mol. The van der Waals surface area contributed by atoms with Crippen LogP contribution in [-0.4, -0.2) is 28.9 Å². The summed E-state index contributed by atoms with van der Waals surface area (Å²) in [7, 11) is 0. The summed E-state index contributed by atoms with van der Waals surface area (Å²) < 4.78 is 0. The summed E-state index contributed by atoms with van der Waals surface area (Å²) in [6.07, 6.45) is 6.35. The molecule has 0 saturated heterocycles. The number of H-pyrrole nitrogens is 1. The van der Waals surface area contributed by atoms with Gasteiger partial charge in [-0.3, -0.25) is 9.59 Å². The molecule has 1 N–H and O–H groups in total. The molecule has 2 rings (SSSR count). The molecule has 4 heteroatoms. The van der Waals surface area contributed by atoms with Gasteiger partial charge in [0, 0.05) is 31.0 Å². The Morgan fingerprint density at radius 1 is 1.44 bits per heavy atom. The molecule has 1 aromatic heterocycles. The molecular formula is C12H14N2O2. The molecule has 0 unspecified atom stereocenters. The van der Waals surface area contributed by atoms with Crippen LogP contribution in [0.1, 0.15) is 22.5 Å². The molecule has 0 aliphatic carbocycles. The number of nitrogens with zero attached hydrogens (tertiary/aromatic N) is 1. The van der Waals surface area contributed by atoms with Crippen LogP contribution in [0.4, 0.5) is 0 Å². The van der Waals surface area contributed by atoms with E-state index in [1.54, 1.807) is 11.8 Å². The molecule has 1 amide bonds. The van der Waals surface area contributed by atoms with Crippen LogP contribution in [0.15, 0.2) is 29.2 Å². The van der Waals surface area contributed by atoms with E-state index in [2.05, 4.69) is 4.98 Å². The predicted molar refractivity (Wildman–Crippen MR) is 61.5 cm³/mol. The van der Waals surface area contributed by atoms with Crippen molar-refractivity contribution in [3.05, 3.63) is 45.9 Å². The van der Waals surface area contributed by atoms with Crippen molar-refractivity contribution >= 4 is 5.91 Å². The highest BCUT2D eigenvalue weighted by atomic mass is 16.2. The highest BCUT2D eigenvalue weighted by molar-refractivity contribution is 5.94. The number of carbonyl (C=O) groups is 1. The molecule has 1 aromatic rings. The van der Waals surface area contributed by atoms with Crippen molar-refractivity contribution < 1.29 is 4.79 Å². The lowest BCUT2D eigenvalue weighted by Crippen LogP contribution is -2.36. The summed E-state index contributed by atoms with van der Waals surface area (Å²) in [5.74, 6) is -0.189. The molecule has 2 heterocycles. The Hall–Kier alpha value is -1.84. The van der Waals surface area contributed by atoms with Crippen LogP contribution in [-0.2, 0) is 0 Å². The SMILES string of the molecule is Cc1cc(=O)c(C(=O)N2CC=CCC2)c[nH]1. The van der Waals surface area contributed by atoms with Crippen molar-refractivity contribution in [2.45, 2.75) is 13.3 Å². The number of hydrogen-bond acceptors (Lipinski definition) is 2. The highest BCUT2D eigenvalue weighted by Gasteiger charge is 2.18. The van der Waals surface area contributed by atoms with E-state index < -0.39 is 0 Å². The molecule has 16 heavy (non-hydrogen) atoms. The van der Waals surface area contributed by atoms with Gasteiger partial charge in [-0.05, 0) is 13.3 Å². The molecule has 84 valence electrons. The molecular weight excluding hydrogens is 204 g/mol. The second kappa shape index (κ2) is 4.35. The molecule has 1 aliphatic heterocycles. The van der Waals surface area contributed by atoms with Crippen molar-refractivity contribution in [2.75, 3.05) is 13.1 Å². The van der Waals surface area contributed by atoms with E-state index in [0.717, 1.165) is 12.1 Å². The van der Waals surface area contributed by atoms with Gasteiger partial charge in [-0.2, -0.15) is 0 Å². The predicted octanol–water partition coefficient (Wildman–Crippen LogP) is 1.09. The van der Waals surface area contributed by atoms with Crippen LogP contribution in [0.5, 0.6) is 0 Å². The number of aromatic amines is 1. The number of rotatable bonds is 1. The van der Waals surface area contributed by atoms with Crippen LogP contribution in [0.2, 0.25) is 0 Å². The topological polar surface area (TPSA) is 53.2 Å². The first-order valence-electron chi connectivity index (χ1n) is 5.32. The van der Waals surface area contributed by atoms with Crippen molar-refractivity contribution in [3.8, 4) is 0 Å². The molecule has 0 radical (unpaired) electrons. The van der Waals surface area contributed by atoms with Gasteiger partial charge in [0.1, 0.15) is 5.56 Å². The summed E-state index contributed by atoms with van der Waals surface area (Å²) in [5, 5.41) is 0. The van der Waals surface area contributed by atoms with Gasteiger partial charge in [0.25, 0.3) is 5.91 Å². The lowest BCUT2D eigenvalue weighted by atomic mass is 10.2. The maximum Gasteiger partial charge on any atom is 0.259 e. The molecule has 0 aromatic carbocycles. The van der Waals surface area contributed by atoms with E-state index in [1.165, 1.54) is 12.3 Å². The Morgan fingerprint density at radius 2 is 2.25 bits per heavy atom. The Labute approximate surface area is 93.6 Å². The Kier molecular flexibility index (Phi) is 2.90. The zero-order valence-corrected chi connectivity index (χ0v) is 9.19. The van der Waals surface area contributed by atoms with Gasteiger partial charge in [-0.15, -0.1) is 0 Å². The third-order valence-electron chi connectivity index (χ3n) is 2.63. The lowest BCUT2D eigenvalue weighted by molar-refractivity contribution is 0.0769. The molecule has 4 nitrogen and oxygen atoms in total. The lowest BCUT2D eigenvalue weighted by Gasteiger charge is -2.22. The standard InChI is InChI=1S/C12H14N2O2/c1-9-7-11(15)10(8-13-9)12(16)14-5-3-2-4-6-14/h2-3,7-8H,4-6H2,1H3,(H,13,15). The van der Waals surface area contributed by atoms with Gasteiger partial charge in [0.05, 0.1) is 0 Å². The monoisotopic (exact) mass is 218 g/mol. The van der Waals surface area contributed by atoms with Gasteiger partial charge in [-0.1, -0.05) is 12.2 Å². The fourth-order valence-corrected chi connectivity index (χ4v) is 1.74. The Morgan fingerprint density at radius 3 is 2.88 bits per heavy atom. The number of aryl methyl sites for hydroxylation is 1. The van der Waals surface area contributed by atoms with Gasteiger partial charge in [-0.25, -0.2) is 0 Å². The summed E-state index contributed by atoms with van der Waals surface area (Å²) >= 11 is 0. The van der Waals surface area contributed by atoms with Crippen LogP contribution in [0, 0.1) is 6.92 Å². The Bertz CT molecular complexity index is 488. The van der Waals surface area contributed by atoms with E-state index in [-0.39, 0.29) is 16.9 Å². The second-order valence-electron chi connectivity index (χ2n) is 3.91. The summed E-state index contributed by atoms with van der Waals surface area (Å²) in [6, 6.07) is 1.45. The Balaban J connectivity index is 2.27. The first-order valence-corrected chi connectivity index (χ1v) is 5.32. The third-order valence-corrected chi connectivity index (χ3v) is 2.63. The quantitative estimate of drug-likeness (QED) is 0.717. The first-order chi connectivity index (χ1) is 7.68. The number of pyridine rings is 1. The van der Waals surface area contributed by atoms with Crippen LogP contribution in [0.25, 0.3) is 0 Å². The molecule has 0 atom stereocenters. The van der Waals surface area contributed by atoms with Crippen LogP contribution < -0.4 is 5.43 Å². The molecule has 0 saturated carbocycles. The number of hydrogen-bond donors (Lipinski definition) is 1. The second-order valence-corrected chi connectivity index (χ2v) is 3.91. The normalized spacial score (nSPS) is 15.2. The van der Waals surface area contributed by atoms with Crippen LogP contribution in [0.3, 0.4) is 0 Å². The number of nitrogens with one attached hydrogen (secondary N) is 1.